The third-order valence-corrected chi connectivity index (χ3v) is 4.12. The second kappa shape index (κ2) is 8.75. The summed E-state index contributed by atoms with van der Waals surface area (Å²) in [4.78, 5) is 9.09. The van der Waals surface area contributed by atoms with Crippen LogP contribution in [0, 0.1) is 0 Å². The van der Waals surface area contributed by atoms with Gasteiger partial charge in [-0.05, 0) is 26.6 Å². The van der Waals surface area contributed by atoms with E-state index in [0.717, 1.165) is 51.6 Å². The second-order valence-corrected chi connectivity index (χ2v) is 5.90. The second-order valence-electron chi connectivity index (χ2n) is 5.90. The highest BCUT2D eigenvalue weighted by atomic mass is 15.3. The monoisotopic (exact) mass is 307 g/mol. The van der Waals surface area contributed by atoms with E-state index in [2.05, 4.69) is 44.6 Å². The Morgan fingerprint density at radius 2 is 2.18 bits per heavy atom. The molecule has 2 rings (SSSR count). The van der Waals surface area contributed by atoms with Crippen LogP contribution < -0.4 is 10.6 Å². The van der Waals surface area contributed by atoms with Crippen molar-refractivity contribution in [2.75, 3.05) is 53.9 Å². The van der Waals surface area contributed by atoms with E-state index in [1.165, 1.54) is 0 Å². The van der Waals surface area contributed by atoms with Crippen molar-refractivity contribution in [3.05, 3.63) is 18.5 Å². The van der Waals surface area contributed by atoms with Gasteiger partial charge in [-0.1, -0.05) is 0 Å². The number of likely N-dealkylation sites (N-methyl/N-ethyl adjacent to an activating group) is 2. The van der Waals surface area contributed by atoms with Gasteiger partial charge in [-0.25, -0.2) is 0 Å². The number of nitrogens with one attached hydrogen (secondary N) is 2. The number of rotatable bonds is 6. The van der Waals surface area contributed by atoms with E-state index in [1.807, 2.05) is 30.2 Å². The van der Waals surface area contributed by atoms with Crippen LogP contribution in [0.5, 0.6) is 0 Å². The van der Waals surface area contributed by atoms with Crippen molar-refractivity contribution in [1.29, 1.82) is 0 Å². The highest BCUT2D eigenvalue weighted by molar-refractivity contribution is 5.79. The van der Waals surface area contributed by atoms with E-state index in [9.17, 15) is 0 Å². The molecule has 7 heteroatoms. The van der Waals surface area contributed by atoms with Crippen LogP contribution in [-0.2, 0) is 6.54 Å². The van der Waals surface area contributed by atoms with Crippen molar-refractivity contribution >= 4 is 5.96 Å². The van der Waals surface area contributed by atoms with Gasteiger partial charge in [-0.15, -0.1) is 0 Å². The van der Waals surface area contributed by atoms with Crippen LogP contribution >= 0.6 is 0 Å². The first-order valence-corrected chi connectivity index (χ1v) is 8.00. The summed E-state index contributed by atoms with van der Waals surface area (Å²) in [5.74, 6) is 0.877. The molecule has 1 aliphatic heterocycles. The average molecular weight is 307 g/mol. The third kappa shape index (κ3) is 5.31. The van der Waals surface area contributed by atoms with Gasteiger partial charge in [0, 0.05) is 64.8 Å². The summed E-state index contributed by atoms with van der Waals surface area (Å²) < 4.78 is 1.95. The highest BCUT2D eigenvalue weighted by Gasteiger charge is 2.21. The van der Waals surface area contributed by atoms with E-state index in [1.54, 1.807) is 0 Å². The Bertz CT molecular complexity index is 443. The third-order valence-electron chi connectivity index (χ3n) is 4.12. The molecule has 0 amide bonds. The van der Waals surface area contributed by atoms with Gasteiger partial charge < -0.3 is 15.5 Å². The maximum absolute atomic E-state index is 4.29. The average Bonchev–Trinajstić information content (AvgIpc) is 3.03. The molecular weight excluding hydrogens is 278 g/mol. The molecule has 0 aromatic carbocycles. The van der Waals surface area contributed by atoms with E-state index < -0.39 is 0 Å². The minimum Gasteiger partial charge on any atom is -0.356 e. The molecule has 1 fully saturated rings. The summed E-state index contributed by atoms with van der Waals surface area (Å²) in [6.07, 6.45) is 4.82. The Labute approximate surface area is 133 Å². The van der Waals surface area contributed by atoms with Crippen LogP contribution in [0.15, 0.2) is 23.5 Å². The van der Waals surface area contributed by atoms with Crippen LogP contribution in [0.2, 0.25) is 0 Å². The molecule has 0 spiro atoms. The standard InChI is InChI=1S/C15H29N7/c1-16-15(17-6-4-8-22-9-5-7-19-22)18-12-14-13-20(2)10-11-21(14)3/h5,7,9,14H,4,6,8,10-13H2,1-3H3,(H2,16,17,18). The summed E-state index contributed by atoms with van der Waals surface area (Å²) in [6, 6.07) is 2.48. The molecule has 7 nitrogen and oxygen atoms in total. The number of guanidine groups is 1. The zero-order valence-electron chi connectivity index (χ0n) is 14.0. The fourth-order valence-corrected chi connectivity index (χ4v) is 2.64. The molecule has 2 N–H and O–H groups in total. The quantitative estimate of drug-likeness (QED) is 0.429. The molecule has 1 unspecified atom stereocenters. The van der Waals surface area contributed by atoms with Crippen LogP contribution in [0.1, 0.15) is 6.42 Å². The Balaban J connectivity index is 1.64. The molecule has 0 radical (unpaired) electrons. The van der Waals surface area contributed by atoms with Gasteiger partial charge in [0.2, 0.25) is 0 Å². The molecule has 2 heterocycles. The fraction of sp³-hybridized carbons (Fsp3) is 0.733. The normalized spacial score (nSPS) is 21.0. The van der Waals surface area contributed by atoms with Crippen LogP contribution in [0.4, 0.5) is 0 Å². The summed E-state index contributed by atoms with van der Waals surface area (Å²) in [5, 5.41) is 11.0. The van der Waals surface area contributed by atoms with Gasteiger partial charge in [0.25, 0.3) is 0 Å². The van der Waals surface area contributed by atoms with Crippen molar-refractivity contribution in [3.63, 3.8) is 0 Å². The number of aliphatic imine (C=N–C) groups is 1. The first-order chi connectivity index (χ1) is 10.7. The van der Waals surface area contributed by atoms with Crippen LogP contribution in [-0.4, -0.2) is 85.4 Å². The zero-order chi connectivity index (χ0) is 15.8. The molecule has 1 aliphatic rings. The number of hydrogen-bond donors (Lipinski definition) is 2. The largest absolute Gasteiger partial charge is 0.356 e. The van der Waals surface area contributed by atoms with Gasteiger partial charge in [0.05, 0.1) is 0 Å². The first kappa shape index (κ1) is 16.8. The molecule has 0 aliphatic carbocycles. The molecule has 1 atom stereocenters. The Hall–Kier alpha value is -1.60. The zero-order valence-corrected chi connectivity index (χ0v) is 14.0. The van der Waals surface area contributed by atoms with E-state index in [-0.39, 0.29) is 0 Å². The van der Waals surface area contributed by atoms with Crippen molar-refractivity contribution in [2.24, 2.45) is 4.99 Å². The topological polar surface area (TPSA) is 60.7 Å². The van der Waals surface area contributed by atoms with E-state index in [0.29, 0.717) is 6.04 Å². The van der Waals surface area contributed by atoms with Crippen molar-refractivity contribution in [1.82, 2.24) is 30.2 Å². The number of hydrogen-bond acceptors (Lipinski definition) is 4. The predicted molar refractivity (Wildman–Crippen MR) is 90.1 cm³/mol. The Morgan fingerprint density at radius 1 is 1.32 bits per heavy atom. The minimum absolute atomic E-state index is 0.529. The molecule has 124 valence electrons. The summed E-state index contributed by atoms with van der Waals surface area (Å²) in [5.41, 5.74) is 0. The van der Waals surface area contributed by atoms with Crippen molar-refractivity contribution in [2.45, 2.75) is 19.0 Å². The van der Waals surface area contributed by atoms with Gasteiger partial charge in [0.1, 0.15) is 0 Å². The molecule has 1 saturated heterocycles. The lowest BCUT2D eigenvalue weighted by Gasteiger charge is -2.37. The van der Waals surface area contributed by atoms with Crippen LogP contribution in [0.3, 0.4) is 0 Å². The van der Waals surface area contributed by atoms with Gasteiger partial charge in [0.15, 0.2) is 5.96 Å². The fourth-order valence-electron chi connectivity index (χ4n) is 2.64. The molecule has 22 heavy (non-hydrogen) atoms. The van der Waals surface area contributed by atoms with Crippen LogP contribution in [0.25, 0.3) is 0 Å². The molecule has 0 bridgehead atoms. The maximum atomic E-state index is 4.29. The van der Waals surface area contributed by atoms with E-state index >= 15 is 0 Å². The first-order valence-electron chi connectivity index (χ1n) is 8.00. The molecule has 0 saturated carbocycles. The summed E-state index contributed by atoms with van der Waals surface area (Å²) >= 11 is 0. The lowest BCUT2D eigenvalue weighted by molar-refractivity contribution is 0.116. The van der Waals surface area contributed by atoms with Crippen molar-refractivity contribution in [3.8, 4) is 0 Å². The Kier molecular flexibility index (Phi) is 6.67. The minimum atomic E-state index is 0.529. The number of piperazine rings is 1. The lowest BCUT2D eigenvalue weighted by atomic mass is 10.2. The summed E-state index contributed by atoms with van der Waals surface area (Å²) in [6.45, 7) is 6.10. The van der Waals surface area contributed by atoms with E-state index in [4.69, 9.17) is 0 Å². The smallest absolute Gasteiger partial charge is 0.191 e. The maximum Gasteiger partial charge on any atom is 0.191 e. The highest BCUT2D eigenvalue weighted by Crippen LogP contribution is 2.04. The predicted octanol–water partition coefficient (Wildman–Crippen LogP) is -0.316. The summed E-state index contributed by atoms with van der Waals surface area (Å²) in [7, 11) is 6.20. The van der Waals surface area contributed by atoms with Gasteiger partial charge in [-0.3, -0.25) is 14.6 Å². The number of aromatic nitrogens is 2. The number of nitrogens with zero attached hydrogens (tertiary/aromatic N) is 5. The lowest BCUT2D eigenvalue weighted by Crippen LogP contribution is -2.55. The molecular formula is C15H29N7. The van der Waals surface area contributed by atoms with Crippen molar-refractivity contribution < 1.29 is 0 Å². The Morgan fingerprint density at radius 3 is 2.91 bits per heavy atom. The number of aryl methyl sites for hydroxylation is 1. The molecule has 1 aromatic heterocycles. The SMILES string of the molecule is CN=C(NCCCn1cccn1)NCC1CN(C)CCN1C. The van der Waals surface area contributed by atoms with Gasteiger partial charge >= 0.3 is 0 Å². The molecule has 1 aromatic rings. The van der Waals surface area contributed by atoms with Gasteiger partial charge in [-0.2, -0.15) is 5.10 Å².